The molecule has 0 aliphatic carbocycles. The van der Waals surface area contributed by atoms with E-state index in [-0.39, 0.29) is 6.10 Å². The molecule has 0 heterocycles. The molecule has 0 saturated carbocycles. The zero-order valence-corrected chi connectivity index (χ0v) is 6.41. The van der Waals surface area contributed by atoms with Crippen LogP contribution in [-0.2, 0) is 9.47 Å². The van der Waals surface area contributed by atoms with Crippen molar-refractivity contribution < 1.29 is 14.6 Å². The van der Waals surface area contributed by atoms with Gasteiger partial charge in [-0.15, -0.1) is 6.58 Å². The van der Waals surface area contributed by atoms with Crippen LogP contribution in [0.15, 0.2) is 12.7 Å². The number of hydrogen-bond acceptors (Lipinski definition) is 3. The molecular formula is C7H14O3. The maximum absolute atomic E-state index is 8.97. The second-order valence-electron chi connectivity index (χ2n) is 1.95. The Morgan fingerprint density at radius 2 is 2.30 bits per heavy atom. The molecule has 0 spiro atoms. The minimum absolute atomic E-state index is 0.303. The Labute approximate surface area is 61.3 Å². The molecule has 0 amide bonds. The van der Waals surface area contributed by atoms with E-state index < -0.39 is 6.29 Å². The van der Waals surface area contributed by atoms with Crippen molar-refractivity contribution >= 4 is 0 Å². The molecule has 0 fully saturated rings. The zero-order valence-electron chi connectivity index (χ0n) is 6.41. The first-order valence-corrected chi connectivity index (χ1v) is 3.15. The van der Waals surface area contributed by atoms with Gasteiger partial charge in [-0.3, -0.25) is 0 Å². The molecule has 0 aliphatic heterocycles. The van der Waals surface area contributed by atoms with E-state index >= 15 is 0 Å². The summed E-state index contributed by atoms with van der Waals surface area (Å²) in [6.07, 6.45) is 0.474. The van der Waals surface area contributed by atoms with Gasteiger partial charge in [-0.05, 0) is 6.92 Å². The molecule has 3 heteroatoms. The molecule has 60 valence electrons. The van der Waals surface area contributed by atoms with Gasteiger partial charge in [-0.25, -0.2) is 0 Å². The van der Waals surface area contributed by atoms with Crippen molar-refractivity contribution in [2.24, 2.45) is 0 Å². The predicted molar refractivity (Wildman–Crippen MR) is 38.6 cm³/mol. The minimum Gasteiger partial charge on any atom is -0.369 e. The Bertz CT molecular complexity index is 92.9. The summed E-state index contributed by atoms with van der Waals surface area (Å²) in [5, 5.41) is 8.97. The van der Waals surface area contributed by atoms with Crippen LogP contribution < -0.4 is 0 Å². The molecule has 0 aliphatic rings. The van der Waals surface area contributed by atoms with E-state index in [2.05, 4.69) is 11.3 Å². The van der Waals surface area contributed by atoms with Gasteiger partial charge in [0.2, 0.25) is 0 Å². The molecule has 1 N–H and O–H groups in total. The summed E-state index contributed by atoms with van der Waals surface area (Å²) in [6.45, 7) is 5.64. The molecule has 0 radical (unpaired) electrons. The van der Waals surface area contributed by atoms with E-state index in [0.717, 1.165) is 0 Å². The predicted octanol–water partition coefficient (Wildman–Crippen LogP) is 0.542. The van der Waals surface area contributed by atoms with Crippen molar-refractivity contribution in [3.63, 3.8) is 0 Å². The van der Waals surface area contributed by atoms with E-state index in [1.54, 1.807) is 13.0 Å². The van der Waals surface area contributed by atoms with Crippen LogP contribution in [0.25, 0.3) is 0 Å². The number of ether oxygens (including phenoxy) is 2. The number of aliphatic hydroxyl groups is 1. The van der Waals surface area contributed by atoms with E-state index in [0.29, 0.717) is 6.61 Å². The summed E-state index contributed by atoms with van der Waals surface area (Å²) >= 11 is 0. The standard InChI is InChI=1S/C7H14O3/c1-4-5-10-6(2)7(8)9-3/h4,6-8H,1,5H2,2-3H3. The monoisotopic (exact) mass is 146 g/mol. The lowest BCUT2D eigenvalue weighted by Crippen LogP contribution is -2.27. The van der Waals surface area contributed by atoms with Gasteiger partial charge in [0.1, 0.15) is 6.10 Å². The number of rotatable bonds is 5. The van der Waals surface area contributed by atoms with Crippen molar-refractivity contribution in [3.05, 3.63) is 12.7 Å². The molecule has 0 bridgehead atoms. The molecule has 10 heavy (non-hydrogen) atoms. The summed E-state index contributed by atoms with van der Waals surface area (Å²) in [6, 6.07) is 0. The minimum atomic E-state index is -0.847. The van der Waals surface area contributed by atoms with Gasteiger partial charge in [-0.2, -0.15) is 0 Å². The zero-order chi connectivity index (χ0) is 7.98. The molecule has 0 aromatic carbocycles. The number of aliphatic hydroxyl groups excluding tert-OH is 1. The lowest BCUT2D eigenvalue weighted by molar-refractivity contribution is -0.153. The highest BCUT2D eigenvalue weighted by Crippen LogP contribution is 1.98. The van der Waals surface area contributed by atoms with Crippen LogP contribution in [0.1, 0.15) is 6.92 Å². The number of hydrogen-bond donors (Lipinski definition) is 1. The van der Waals surface area contributed by atoms with E-state index in [1.807, 2.05) is 0 Å². The van der Waals surface area contributed by atoms with E-state index in [4.69, 9.17) is 9.84 Å². The Morgan fingerprint density at radius 3 is 2.70 bits per heavy atom. The van der Waals surface area contributed by atoms with Crippen molar-refractivity contribution in [1.82, 2.24) is 0 Å². The molecular weight excluding hydrogens is 132 g/mol. The normalized spacial score (nSPS) is 16.3. The first kappa shape index (κ1) is 9.62. The first-order valence-electron chi connectivity index (χ1n) is 3.15. The second kappa shape index (κ2) is 5.41. The maximum Gasteiger partial charge on any atom is 0.180 e. The Hall–Kier alpha value is -0.380. The third-order valence-corrected chi connectivity index (χ3v) is 1.12. The van der Waals surface area contributed by atoms with Crippen molar-refractivity contribution in [2.45, 2.75) is 19.3 Å². The van der Waals surface area contributed by atoms with Crippen molar-refractivity contribution in [3.8, 4) is 0 Å². The van der Waals surface area contributed by atoms with Gasteiger partial charge in [0.05, 0.1) is 6.61 Å². The average molecular weight is 146 g/mol. The van der Waals surface area contributed by atoms with Gasteiger partial charge in [-0.1, -0.05) is 6.08 Å². The highest BCUT2D eigenvalue weighted by Gasteiger charge is 2.11. The lowest BCUT2D eigenvalue weighted by atomic mass is 10.4. The quantitative estimate of drug-likeness (QED) is 0.454. The van der Waals surface area contributed by atoms with Gasteiger partial charge in [0.25, 0.3) is 0 Å². The molecule has 0 aromatic rings. The summed E-state index contributed by atoms with van der Waals surface area (Å²) < 4.78 is 9.66. The summed E-state index contributed by atoms with van der Waals surface area (Å²) in [5.41, 5.74) is 0. The van der Waals surface area contributed by atoms with Crippen molar-refractivity contribution in [2.75, 3.05) is 13.7 Å². The van der Waals surface area contributed by atoms with Crippen LogP contribution in [-0.4, -0.2) is 31.2 Å². The molecule has 2 unspecified atom stereocenters. The molecule has 0 aromatic heterocycles. The van der Waals surface area contributed by atoms with Crippen molar-refractivity contribution in [1.29, 1.82) is 0 Å². The highest BCUT2D eigenvalue weighted by molar-refractivity contribution is 4.65. The van der Waals surface area contributed by atoms with Gasteiger partial charge < -0.3 is 14.6 Å². The highest BCUT2D eigenvalue weighted by atomic mass is 16.6. The average Bonchev–Trinajstić information content (AvgIpc) is 1.98. The van der Waals surface area contributed by atoms with Crippen LogP contribution in [0.3, 0.4) is 0 Å². The molecule has 2 atom stereocenters. The van der Waals surface area contributed by atoms with Crippen LogP contribution in [0, 0.1) is 0 Å². The largest absolute Gasteiger partial charge is 0.369 e. The smallest absolute Gasteiger partial charge is 0.180 e. The Kier molecular flexibility index (Phi) is 5.20. The van der Waals surface area contributed by atoms with Crippen LogP contribution >= 0.6 is 0 Å². The number of methoxy groups -OCH3 is 1. The maximum atomic E-state index is 8.97. The van der Waals surface area contributed by atoms with E-state index in [1.165, 1.54) is 7.11 Å². The topological polar surface area (TPSA) is 38.7 Å². The van der Waals surface area contributed by atoms with Crippen LogP contribution in [0.2, 0.25) is 0 Å². The lowest BCUT2D eigenvalue weighted by Gasteiger charge is -2.16. The van der Waals surface area contributed by atoms with Gasteiger partial charge >= 0.3 is 0 Å². The van der Waals surface area contributed by atoms with Gasteiger partial charge in [0, 0.05) is 7.11 Å². The Balaban J connectivity index is 3.40. The summed E-state index contributed by atoms with van der Waals surface area (Å²) in [7, 11) is 1.43. The third-order valence-electron chi connectivity index (χ3n) is 1.12. The fourth-order valence-corrected chi connectivity index (χ4v) is 0.494. The molecule has 3 nitrogen and oxygen atoms in total. The molecule has 0 saturated heterocycles. The van der Waals surface area contributed by atoms with Crippen LogP contribution in [0.4, 0.5) is 0 Å². The fraction of sp³-hybridized carbons (Fsp3) is 0.714. The molecule has 0 rings (SSSR count). The van der Waals surface area contributed by atoms with Gasteiger partial charge in [0.15, 0.2) is 6.29 Å². The fourth-order valence-electron chi connectivity index (χ4n) is 0.494. The first-order chi connectivity index (χ1) is 4.72. The SMILES string of the molecule is C=CCOC(C)C(O)OC. The summed E-state index contributed by atoms with van der Waals surface area (Å²) in [5.74, 6) is 0. The third kappa shape index (κ3) is 3.61. The summed E-state index contributed by atoms with van der Waals surface area (Å²) in [4.78, 5) is 0. The second-order valence-corrected chi connectivity index (χ2v) is 1.95. The Morgan fingerprint density at radius 1 is 1.70 bits per heavy atom. The van der Waals surface area contributed by atoms with Crippen LogP contribution in [0.5, 0.6) is 0 Å². The van der Waals surface area contributed by atoms with E-state index in [9.17, 15) is 0 Å².